The first-order valence-electron chi connectivity index (χ1n) is 16.1. The molecule has 4 rings (SSSR count). The summed E-state index contributed by atoms with van der Waals surface area (Å²) in [5.74, 6) is 0.412. The van der Waals surface area contributed by atoms with Gasteiger partial charge in [-0.25, -0.2) is 14.5 Å². The van der Waals surface area contributed by atoms with Gasteiger partial charge < -0.3 is 34.6 Å². The van der Waals surface area contributed by atoms with Crippen LogP contribution in [0.2, 0.25) is 25.7 Å². The third kappa shape index (κ3) is 10.6. The third-order valence-corrected chi connectivity index (χ3v) is 10.1. The van der Waals surface area contributed by atoms with Crippen molar-refractivity contribution in [3.8, 4) is 6.07 Å². The molecular formula is C31H43F3N8O6Si. The molecule has 0 radical (unpaired) electrons. The van der Waals surface area contributed by atoms with Crippen LogP contribution in [0.3, 0.4) is 0 Å². The van der Waals surface area contributed by atoms with Crippen molar-refractivity contribution < 1.29 is 37.3 Å². The molecule has 0 spiro atoms. The Morgan fingerprint density at radius 2 is 1.88 bits per heavy atom. The molecule has 0 aromatic carbocycles. The van der Waals surface area contributed by atoms with E-state index in [0.717, 1.165) is 12.2 Å². The molecule has 49 heavy (non-hydrogen) atoms. The predicted molar refractivity (Wildman–Crippen MR) is 176 cm³/mol. The van der Waals surface area contributed by atoms with Crippen LogP contribution >= 0.6 is 0 Å². The van der Waals surface area contributed by atoms with Crippen LogP contribution in [0.1, 0.15) is 30.4 Å². The van der Waals surface area contributed by atoms with E-state index < -0.39 is 43.5 Å². The van der Waals surface area contributed by atoms with Gasteiger partial charge in [0.1, 0.15) is 24.2 Å². The first-order chi connectivity index (χ1) is 23.2. The lowest BCUT2D eigenvalue weighted by Crippen LogP contribution is -2.51. The number of nitrogens with zero attached hydrogens (tertiary/aromatic N) is 7. The van der Waals surface area contributed by atoms with Crippen molar-refractivity contribution in [2.45, 2.75) is 69.9 Å². The maximum absolute atomic E-state index is 14.3. The number of nitrogens with one attached hydrogen (secondary N) is 1. The highest BCUT2D eigenvalue weighted by atomic mass is 28.3. The maximum atomic E-state index is 14.3. The Balaban J connectivity index is 1.34. The number of carbonyl (C=O) groups is 2. The number of carboxylic acid groups (broad SMARTS) is 1. The Morgan fingerprint density at radius 1 is 1.14 bits per heavy atom. The van der Waals surface area contributed by atoms with Crippen LogP contribution < -0.4 is 20.7 Å². The molecule has 0 aliphatic carbocycles. The highest BCUT2D eigenvalue weighted by Crippen LogP contribution is 2.36. The summed E-state index contributed by atoms with van der Waals surface area (Å²) >= 11 is 0. The molecule has 2 fully saturated rings. The normalized spacial score (nSPS) is 17.6. The zero-order valence-corrected chi connectivity index (χ0v) is 28.9. The molecule has 2 aromatic rings. The van der Waals surface area contributed by atoms with Crippen LogP contribution in [0.15, 0.2) is 29.3 Å². The molecule has 1 unspecified atom stereocenters. The average molecular weight is 709 g/mol. The van der Waals surface area contributed by atoms with Crippen LogP contribution in [0, 0.1) is 11.3 Å². The summed E-state index contributed by atoms with van der Waals surface area (Å²) in [6.07, 6.45) is -2.90. The molecule has 2 saturated heterocycles. The number of nitriles is 1. The topological polar surface area (TPSA) is 166 Å². The lowest BCUT2D eigenvalue weighted by molar-refractivity contribution is -0.139. The highest BCUT2D eigenvalue weighted by molar-refractivity contribution is 6.76. The van der Waals surface area contributed by atoms with Gasteiger partial charge in [-0.1, -0.05) is 19.6 Å². The van der Waals surface area contributed by atoms with Crippen LogP contribution in [0.25, 0.3) is 0 Å². The second-order valence-electron chi connectivity index (χ2n) is 13.3. The van der Waals surface area contributed by atoms with Crippen molar-refractivity contribution in [2.75, 3.05) is 62.3 Å². The first kappa shape index (κ1) is 37.6. The van der Waals surface area contributed by atoms with E-state index in [9.17, 15) is 32.7 Å². The fourth-order valence-electron chi connectivity index (χ4n) is 5.75. The summed E-state index contributed by atoms with van der Waals surface area (Å²) in [6, 6.07) is 4.79. The molecule has 18 heteroatoms. The molecular weight excluding hydrogens is 665 g/mol. The summed E-state index contributed by atoms with van der Waals surface area (Å²) in [6.45, 7) is 8.12. The molecule has 268 valence electrons. The quantitative estimate of drug-likeness (QED) is 0.219. The van der Waals surface area contributed by atoms with E-state index in [2.05, 4.69) is 35.0 Å². The van der Waals surface area contributed by atoms with E-state index in [1.54, 1.807) is 17.0 Å². The summed E-state index contributed by atoms with van der Waals surface area (Å²) in [5, 5.41) is 24.6. The van der Waals surface area contributed by atoms with Gasteiger partial charge in [-0.15, -0.1) is 0 Å². The molecule has 2 amide bonds. The molecule has 0 bridgehead atoms. The van der Waals surface area contributed by atoms with Gasteiger partial charge in [-0.2, -0.15) is 23.5 Å². The van der Waals surface area contributed by atoms with E-state index in [1.165, 1.54) is 11.1 Å². The largest absolute Gasteiger partial charge is 0.465 e. The predicted octanol–water partition coefficient (Wildman–Crippen LogP) is 3.20. The molecule has 2 atom stereocenters. The van der Waals surface area contributed by atoms with Crippen LogP contribution in [0.5, 0.6) is 0 Å². The monoisotopic (exact) mass is 708 g/mol. The van der Waals surface area contributed by atoms with Gasteiger partial charge in [0.25, 0.3) is 5.56 Å². The number of amides is 2. The lowest BCUT2D eigenvalue weighted by atomic mass is 10.1. The molecule has 2 aliphatic heterocycles. The van der Waals surface area contributed by atoms with Gasteiger partial charge in [0, 0.05) is 60.0 Å². The number of hydrogen-bond acceptors (Lipinski definition) is 10. The second-order valence-corrected chi connectivity index (χ2v) is 18.9. The SMILES string of the molecule is C[Si](C)(C)CCOCn1ncc(N2CCC[C@H]2COCC(CC(=O)N2CCN(c3ccc(C#N)cn3)CC2)NC(=O)O)c(C(F)(F)F)c1=O. The van der Waals surface area contributed by atoms with Crippen LogP contribution in [-0.4, -0.2) is 109 Å². The van der Waals surface area contributed by atoms with Gasteiger partial charge in [0.2, 0.25) is 5.91 Å². The Kier molecular flexibility index (Phi) is 12.6. The fraction of sp³-hybridized carbons (Fsp3) is 0.613. The summed E-state index contributed by atoms with van der Waals surface area (Å²) in [7, 11) is -1.44. The minimum Gasteiger partial charge on any atom is -0.465 e. The van der Waals surface area contributed by atoms with E-state index in [0.29, 0.717) is 61.7 Å². The number of piperazine rings is 1. The van der Waals surface area contributed by atoms with Gasteiger partial charge >= 0.3 is 12.3 Å². The van der Waals surface area contributed by atoms with Gasteiger partial charge in [-0.3, -0.25) is 9.59 Å². The van der Waals surface area contributed by atoms with Crippen LogP contribution in [0.4, 0.5) is 29.5 Å². The van der Waals surface area contributed by atoms with E-state index in [1.807, 2.05) is 11.0 Å². The Bertz CT molecular complexity index is 1540. The second kappa shape index (κ2) is 16.5. The lowest BCUT2D eigenvalue weighted by Gasteiger charge is -2.36. The first-order valence-corrected chi connectivity index (χ1v) is 19.8. The molecule has 2 aromatic heterocycles. The van der Waals surface area contributed by atoms with Crippen molar-refractivity contribution in [2.24, 2.45) is 0 Å². The van der Waals surface area contributed by atoms with Crippen molar-refractivity contribution >= 4 is 31.6 Å². The minimum absolute atomic E-state index is 0.0531. The number of alkyl halides is 3. The number of hydrogen-bond donors (Lipinski definition) is 2. The van der Waals surface area contributed by atoms with Crippen LogP contribution in [-0.2, 0) is 27.2 Å². The van der Waals surface area contributed by atoms with Crippen molar-refractivity contribution in [3.05, 3.63) is 46.0 Å². The van der Waals surface area contributed by atoms with Gasteiger partial charge in [0.15, 0.2) is 0 Å². The summed E-state index contributed by atoms with van der Waals surface area (Å²) in [5.41, 5.74) is -2.51. The minimum atomic E-state index is -4.94. The molecule has 14 nitrogen and oxygen atoms in total. The van der Waals surface area contributed by atoms with Gasteiger partial charge in [-0.05, 0) is 31.0 Å². The smallest absolute Gasteiger partial charge is 0.423 e. The molecule has 2 N–H and O–H groups in total. The highest BCUT2D eigenvalue weighted by Gasteiger charge is 2.41. The zero-order chi connectivity index (χ0) is 35.8. The Morgan fingerprint density at radius 3 is 2.49 bits per heavy atom. The maximum Gasteiger partial charge on any atom is 0.423 e. The van der Waals surface area contributed by atoms with E-state index >= 15 is 0 Å². The number of rotatable bonds is 14. The molecule has 0 saturated carbocycles. The van der Waals surface area contributed by atoms with Crippen molar-refractivity contribution in [1.82, 2.24) is 25.0 Å². The summed E-state index contributed by atoms with van der Waals surface area (Å²) in [4.78, 5) is 46.9. The number of pyridine rings is 1. The number of halogens is 3. The standard InChI is InChI=1S/C31H43F3N8O6Si/c1-49(2,3)14-13-47-21-42-29(44)28(31(32,33)34)25(18-37-42)41-8-4-5-24(41)20-48-19-23(38-30(45)46)15-27(43)40-11-9-39(10-12-40)26-7-6-22(16-35)17-36-26/h6-7,17-18,23-24,38H,4-5,8-15,19-21H2,1-3H3,(H,45,46)/t23?,24-/m0/s1. The summed E-state index contributed by atoms with van der Waals surface area (Å²) < 4.78 is 54.7. The molecule has 4 heterocycles. The van der Waals surface area contributed by atoms with Crippen molar-refractivity contribution in [1.29, 1.82) is 5.26 Å². The zero-order valence-electron chi connectivity index (χ0n) is 27.9. The van der Waals surface area contributed by atoms with Crippen molar-refractivity contribution in [3.63, 3.8) is 0 Å². The van der Waals surface area contributed by atoms with Gasteiger partial charge in [0.05, 0.1) is 42.7 Å². The van der Waals surface area contributed by atoms with E-state index in [-0.39, 0.29) is 44.5 Å². The number of carbonyl (C=O) groups excluding carboxylic acids is 1. The number of anilines is 2. The Labute approximate surface area is 283 Å². The fourth-order valence-corrected chi connectivity index (χ4v) is 6.51. The number of ether oxygens (including phenoxy) is 2. The van der Waals surface area contributed by atoms with E-state index in [4.69, 9.17) is 14.7 Å². The molecule has 2 aliphatic rings. The Hall–Kier alpha value is -4.21. The third-order valence-electron chi connectivity index (χ3n) is 8.42. The average Bonchev–Trinajstić information content (AvgIpc) is 3.50. The number of aromatic nitrogens is 3.